The minimum atomic E-state index is 0.497. The Morgan fingerprint density at radius 3 is 3.00 bits per heavy atom. The van der Waals surface area contributed by atoms with E-state index in [1.807, 2.05) is 12.3 Å². The van der Waals surface area contributed by atoms with Crippen molar-refractivity contribution >= 4 is 11.8 Å². The smallest absolute Gasteiger partial charge is 0.101 e. The molecule has 0 unspecified atom stereocenters. The highest BCUT2D eigenvalue weighted by molar-refractivity contribution is 7.99. The van der Waals surface area contributed by atoms with Crippen molar-refractivity contribution in [2.75, 3.05) is 19.5 Å². The molecule has 1 rings (SSSR count). The van der Waals surface area contributed by atoms with Gasteiger partial charge in [-0.3, -0.25) is 0 Å². The molecule has 1 aromatic heterocycles. The summed E-state index contributed by atoms with van der Waals surface area (Å²) in [4.78, 5) is 4.40. The van der Waals surface area contributed by atoms with Gasteiger partial charge in [-0.05, 0) is 11.6 Å². The molecule has 90 valence electrons. The number of hydrogen-bond donors (Lipinski definition) is 1. The average Bonchev–Trinajstić information content (AvgIpc) is 2.28. The fourth-order valence-electron chi connectivity index (χ4n) is 1.22. The van der Waals surface area contributed by atoms with E-state index in [0.29, 0.717) is 6.04 Å². The minimum absolute atomic E-state index is 0.497. The van der Waals surface area contributed by atoms with Gasteiger partial charge < -0.3 is 10.1 Å². The summed E-state index contributed by atoms with van der Waals surface area (Å²) in [5.74, 6) is 0.947. The highest BCUT2D eigenvalue weighted by atomic mass is 32.2. The second-order valence-electron chi connectivity index (χ2n) is 3.84. The van der Waals surface area contributed by atoms with E-state index in [9.17, 15) is 0 Å². The minimum Gasteiger partial charge on any atom is -0.384 e. The van der Waals surface area contributed by atoms with Crippen LogP contribution in [0.2, 0.25) is 0 Å². The van der Waals surface area contributed by atoms with Crippen molar-refractivity contribution < 1.29 is 4.74 Å². The molecule has 0 radical (unpaired) electrons. The van der Waals surface area contributed by atoms with E-state index in [2.05, 4.69) is 30.2 Å². The van der Waals surface area contributed by atoms with Crippen LogP contribution in [0.4, 0.5) is 0 Å². The summed E-state index contributed by atoms with van der Waals surface area (Å²) >= 11 is 1.75. The second-order valence-corrected chi connectivity index (χ2v) is 4.93. The normalized spacial score (nSPS) is 11.0. The van der Waals surface area contributed by atoms with E-state index in [1.54, 1.807) is 18.9 Å². The van der Waals surface area contributed by atoms with Crippen LogP contribution in [-0.4, -0.2) is 30.5 Å². The fraction of sp³-hybridized carbons (Fsp3) is 0.583. The molecule has 3 nitrogen and oxygen atoms in total. The van der Waals surface area contributed by atoms with Crippen molar-refractivity contribution in [2.45, 2.75) is 31.5 Å². The van der Waals surface area contributed by atoms with Crippen LogP contribution >= 0.6 is 11.8 Å². The first-order valence-electron chi connectivity index (χ1n) is 5.53. The zero-order chi connectivity index (χ0) is 11.8. The predicted octanol–water partition coefficient (Wildman–Crippen LogP) is 2.32. The van der Waals surface area contributed by atoms with E-state index in [0.717, 1.165) is 23.9 Å². The summed E-state index contributed by atoms with van der Waals surface area (Å²) in [7, 11) is 1.72. The molecule has 1 aromatic rings. The largest absolute Gasteiger partial charge is 0.384 e. The summed E-state index contributed by atoms with van der Waals surface area (Å²) in [6.07, 6.45) is 1.84. The fourth-order valence-corrected chi connectivity index (χ4v) is 2.13. The average molecular weight is 240 g/mol. The van der Waals surface area contributed by atoms with Crippen molar-refractivity contribution in [2.24, 2.45) is 0 Å². The van der Waals surface area contributed by atoms with Gasteiger partial charge in [-0.1, -0.05) is 19.9 Å². The molecule has 1 N–H and O–H groups in total. The van der Waals surface area contributed by atoms with Gasteiger partial charge in [-0.25, -0.2) is 4.98 Å². The second kappa shape index (κ2) is 7.65. The third-order valence-electron chi connectivity index (χ3n) is 2.08. The molecule has 0 fully saturated rings. The van der Waals surface area contributed by atoms with Gasteiger partial charge in [0.25, 0.3) is 0 Å². The molecule has 16 heavy (non-hydrogen) atoms. The quantitative estimate of drug-likeness (QED) is 0.586. The maximum Gasteiger partial charge on any atom is 0.101 e. The van der Waals surface area contributed by atoms with Crippen LogP contribution in [0.15, 0.2) is 23.4 Å². The highest BCUT2D eigenvalue weighted by Gasteiger charge is 2.04. The molecule has 0 aromatic carbocycles. The Balaban J connectivity index is 2.53. The lowest BCUT2D eigenvalue weighted by molar-refractivity contribution is 0.218. The van der Waals surface area contributed by atoms with Crippen LogP contribution in [0, 0.1) is 0 Å². The van der Waals surface area contributed by atoms with E-state index in [-0.39, 0.29) is 0 Å². The summed E-state index contributed by atoms with van der Waals surface area (Å²) in [6.45, 7) is 5.93. The molecule has 0 spiro atoms. The van der Waals surface area contributed by atoms with Crippen LogP contribution in [0.25, 0.3) is 0 Å². The Morgan fingerprint density at radius 2 is 2.31 bits per heavy atom. The Kier molecular flexibility index (Phi) is 6.45. The zero-order valence-corrected chi connectivity index (χ0v) is 11.0. The summed E-state index contributed by atoms with van der Waals surface area (Å²) in [5.41, 5.74) is 1.26. The van der Waals surface area contributed by atoms with Crippen LogP contribution < -0.4 is 5.32 Å². The van der Waals surface area contributed by atoms with Crippen molar-refractivity contribution in [1.82, 2.24) is 10.3 Å². The number of hydrogen-bond acceptors (Lipinski definition) is 4. The van der Waals surface area contributed by atoms with E-state index >= 15 is 0 Å². The molecule has 0 atom stereocenters. The predicted molar refractivity (Wildman–Crippen MR) is 68.8 cm³/mol. The molecule has 0 aliphatic rings. The number of rotatable bonds is 7. The van der Waals surface area contributed by atoms with Crippen LogP contribution in [-0.2, 0) is 11.3 Å². The van der Waals surface area contributed by atoms with Crippen LogP contribution in [0.5, 0.6) is 0 Å². The molecule has 0 saturated carbocycles. The van der Waals surface area contributed by atoms with E-state index in [4.69, 9.17) is 4.74 Å². The van der Waals surface area contributed by atoms with E-state index < -0.39 is 0 Å². The van der Waals surface area contributed by atoms with Gasteiger partial charge in [-0.2, -0.15) is 0 Å². The van der Waals surface area contributed by atoms with Gasteiger partial charge in [0, 0.05) is 31.6 Å². The summed E-state index contributed by atoms with van der Waals surface area (Å²) in [5, 5.41) is 4.51. The van der Waals surface area contributed by atoms with Gasteiger partial charge >= 0.3 is 0 Å². The van der Waals surface area contributed by atoms with Gasteiger partial charge in [-0.15, -0.1) is 11.8 Å². The van der Waals surface area contributed by atoms with Crippen molar-refractivity contribution in [3.63, 3.8) is 0 Å². The topological polar surface area (TPSA) is 34.1 Å². The van der Waals surface area contributed by atoms with Gasteiger partial charge in [0.1, 0.15) is 5.03 Å². The number of nitrogens with zero attached hydrogens (tertiary/aromatic N) is 1. The molecule has 1 heterocycles. The molecule has 0 aliphatic heterocycles. The molecule has 0 bridgehead atoms. The Hall–Kier alpha value is -0.580. The number of aromatic nitrogens is 1. The van der Waals surface area contributed by atoms with Crippen molar-refractivity contribution in [3.05, 3.63) is 23.9 Å². The number of ether oxygens (including phenoxy) is 1. The summed E-state index contributed by atoms with van der Waals surface area (Å²) in [6, 6.07) is 4.60. The molecule has 0 saturated heterocycles. The molecule has 0 amide bonds. The molecule has 4 heteroatoms. The Bertz CT molecular complexity index is 305. The summed E-state index contributed by atoms with van der Waals surface area (Å²) < 4.78 is 5.04. The first kappa shape index (κ1) is 13.5. The SMILES string of the molecule is COCCSc1ncccc1CNC(C)C. The third-order valence-corrected chi connectivity index (χ3v) is 3.09. The number of thioether (sulfide) groups is 1. The lowest BCUT2D eigenvalue weighted by atomic mass is 10.2. The number of methoxy groups -OCH3 is 1. The number of pyridine rings is 1. The number of nitrogens with one attached hydrogen (secondary N) is 1. The van der Waals surface area contributed by atoms with Gasteiger partial charge in [0.15, 0.2) is 0 Å². The van der Waals surface area contributed by atoms with Crippen molar-refractivity contribution in [3.8, 4) is 0 Å². The highest BCUT2D eigenvalue weighted by Crippen LogP contribution is 2.19. The molecular formula is C12H20N2OS. The Morgan fingerprint density at radius 1 is 1.50 bits per heavy atom. The van der Waals surface area contributed by atoms with Crippen LogP contribution in [0.1, 0.15) is 19.4 Å². The Labute approximate surface area is 102 Å². The molecular weight excluding hydrogens is 220 g/mol. The maximum atomic E-state index is 5.04. The van der Waals surface area contributed by atoms with Gasteiger partial charge in [0.2, 0.25) is 0 Å². The standard InChI is InChI=1S/C12H20N2OS/c1-10(2)14-9-11-5-4-6-13-12(11)16-8-7-15-3/h4-6,10,14H,7-9H2,1-3H3. The van der Waals surface area contributed by atoms with Crippen molar-refractivity contribution in [1.29, 1.82) is 0 Å². The first-order chi connectivity index (χ1) is 7.74. The zero-order valence-electron chi connectivity index (χ0n) is 10.2. The van der Waals surface area contributed by atoms with E-state index in [1.165, 1.54) is 5.56 Å². The van der Waals surface area contributed by atoms with Crippen LogP contribution in [0.3, 0.4) is 0 Å². The lowest BCUT2D eigenvalue weighted by Crippen LogP contribution is -2.22. The maximum absolute atomic E-state index is 5.04. The monoisotopic (exact) mass is 240 g/mol. The third kappa shape index (κ3) is 4.96. The first-order valence-corrected chi connectivity index (χ1v) is 6.51. The lowest BCUT2D eigenvalue weighted by Gasteiger charge is -2.11. The molecule has 0 aliphatic carbocycles. The van der Waals surface area contributed by atoms with Gasteiger partial charge in [0.05, 0.1) is 6.61 Å².